The Morgan fingerprint density at radius 1 is 1.03 bits per heavy atom. The van der Waals surface area contributed by atoms with Crippen LogP contribution in [0, 0.1) is 0 Å². The van der Waals surface area contributed by atoms with Crippen LogP contribution < -0.4 is 10.2 Å². The number of carbonyl (C=O) groups is 3. The first-order valence-electron chi connectivity index (χ1n) is 12.2. The van der Waals surface area contributed by atoms with Crippen molar-refractivity contribution in [1.29, 1.82) is 0 Å². The van der Waals surface area contributed by atoms with Gasteiger partial charge in [0, 0.05) is 23.6 Å². The average Bonchev–Trinajstić information content (AvgIpc) is 3.34. The van der Waals surface area contributed by atoms with Crippen LogP contribution in [0.2, 0.25) is 0 Å². The average molecular weight is 515 g/mol. The van der Waals surface area contributed by atoms with Crippen LogP contribution in [0.25, 0.3) is 11.0 Å². The summed E-state index contributed by atoms with van der Waals surface area (Å²) in [6.45, 7) is 5.66. The quantitative estimate of drug-likeness (QED) is 0.338. The van der Waals surface area contributed by atoms with Gasteiger partial charge in [-0.05, 0) is 74.4 Å². The van der Waals surface area contributed by atoms with Crippen molar-refractivity contribution in [3.05, 3.63) is 84.2 Å². The van der Waals surface area contributed by atoms with Gasteiger partial charge in [-0.1, -0.05) is 24.3 Å². The number of carbonyl (C=O) groups excluding carboxylic acids is 3. The van der Waals surface area contributed by atoms with E-state index in [1.807, 2.05) is 45.0 Å². The Labute approximate surface area is 220 Å². The molecule has 2 aromatic carbocycles. The van der Waals surface area contributed by atoms with E-state index in [1.165, 1.54) is 16.7 Å². The molecule has 10 heteroatoms. The Hall–Kier alpha value is -4.60. The number of nitrogens with zero attached hydrogens (tertiary/aromatic N) is 5. The fourth-order valence-electron chi connectivity index (χ4n) is 4.01. The molecule has 196 valence electrons. The largest absolute Gasteiger partial charge is 0.465 e. The molecule has 2 heterocycles. The zero-order valence-electron chi connectivity index (χ0n) is 21.8. The molecule has 0 spiro atoms. The normalized spacial score (nSPS) is 12.1. The summed E-state index contributed by atoms with van der Waals surface area (Å²) < 4.78 is 6.31. The van der Waals surface area contributed by atoms with E-state index in [0.29, 0.717) is 34.3 Å². The second-order valence-electron chi connectivity index (χ2n) is 9.45. The molecule has 2 aromatic heterocycles. The Balaban J connectivity index is 1.81. The summed E-state index contributed by atoms with van der Waals surface area (Å²) in [6, 6.07) is 16.1. The monoisotopic (exact) mass is 514 g/mol. The molecule has 4 rings (SSSR count). The zero-order valence-corrected chi connectivity index (χ0v) is 21.8. The van der Waals surface area contributed by atoms with E-state index in [2.05, 4.69) is 20.6 Å². The highest BCUT2D eigenvalue weighted by Crippen LogP contribution is 2.30. The van der Waals surface area contributed by atoms with E-state index in [1.54, 1.807) is 48.8 Å². The number of esters is 1. The molecular weight excluding hydrogens is 484 g/mol. The molecule has 0 aliphatic carbocycles. The van der Waals surface area contributed by atoms with Crippen molar-refractivity contribution in [2.45, 2.75) is 45.3 Å². The van der Waals surface area contributed by atoms with Gasteiger partial charge in [-0.25, -0.2) is 9.48 Å². The van der Waals surface area contributed by atoms with Crippen LogP contribution in [0.3, 0.4) is 0 Å². The molecule has 0 radical (unpaired) electrons. The number of nitrogens with one attached hydrogen (secondary N) is 1. The number of para-hydroxylation sites is 1. The number of anilines is 1. The third kappa shape index (κ3) is 5.69. The summed E-state index contributed by atoms with van der Waals surface area (Å²) in [5, 5.41) is 11.4. The minimum Gasteiger partial charge on any atom is -0.465 e. The van der Waals surface area contributed by atoms with Gasteiger partial charge < -0.3 is 10.1 Å². The number of aromatic nitrogens is 4. The van der Waals surface area contributed by atoms with E-state index in [0.717, 1.165) is 0 Å². The smallest absolute Gasteiger partial charge is 0.337 e. The maximum Gasteiger partial charge on any atom is 0.337 e. The maximum atomic E-state index is 14.0. The van der Waals surface area contributed by atoms with Crippen molar-refractivity contribution >= 4 is 34.5 Å². The number of benzene rings is 2. The second-order valence-corrected chi connectivity index (χ2v) is 9.45. The minimum absolute atomic E-state index is 0.161. The molecule has 10 nitrogen and oxygen atoms in total. The topological polar surface area (TPSA) is 119 Å². The fourth-order valence-corrected chi connectivity index (χ4v) is 4.01. The van der Waals surface area contributed by atoms with Crippen LogP contribution in [-0.2, 0) is 20.9 Å². The lowest BCUT2D eigenvalue weighted by Gasteiger charge is -2.34. The number of pyridine rings is 1. The summed E-state index contributed by atoms with van der Waals surface area (Å²) in [5.41, 5.74) is 2.18. The number of hydrogen-bond acceptors (Lipinski definition) is 7. The Bertz CT molecular complexity index is 1430. The van der Waals surface area contributed by atoms with Gasteiger partial charge in [0.1, 0.15) is 18.1 Å². The fraction of sp³-hybridized carbons (Fsp3) is 0.286. The van der Waals surface area contributed by atoms with Crippen molar-refractivity contribution in [2.75, 3.05) is 12.0 Å². The van der Waals surface area contributed by atoms with Crippen LogP contribution >= 0.6 is 0 Å². The van der Waals surface area contributed by atoms with Crippen LogP contribution in [0.4, 0.5) is 5.69 Å². The van der Waals surface area contributed by atoms with Crippen molar-refractivity contribution in [2.24, 2.45) is 0 Å². The first-order valence-corrected chi connectivity index (χ1v) is 12.2. The lowest BCUT2D eigenvalue weighted by molar-refractivity contribution is -0.128. The Morgan fingerprint density at radius 2 is 1.71 bits per heavy atom. The van der Waals surface area contributed by atoms with E-state index in [4.69, 9.17) is 4.74 Å². The van der Waals surface area contributed by atoms with Gasteiger partial charge in [-0.3, -0.25) is 19.5 Å². The summed E-state index contributed by atoms with van der Waals surface area (Å²) in [4.78, 5) is 45.4. The van der Waals surface area contributed by atoms with Gasteiger partial charge in [0.2, 0.25) is 11.8 Å². The van der Waals surface area contributed by atoms with Gasteiger partial charge >= 0.3 is 5.97 Å². The number of fused-ring (bicyclic) bond motifs is 1. The molecule has 0 saturated carbocycles. The molecule has 0 fully saturated rings. The van der Waals surface area contributed by atoms with Gasteiger partial charge in [0.15, 0.2) is 0 Å². The SMILES string of the molecule is CCC(C)(C)NC(=O)[C@H](c1ccncc1)N(C(=O)Cn1nnc2ccccc21)c1ccc(C(=O)OC)cc1. The molecule has 0 bridgehead atoms. The number of hydrogen-bond donors (Lipinski definition) is 1. The molecule has 4 aromatic rings. The Morgan fingerprint density at radius 3 is 2.37 bits per heavy atom. The number of ether oxygens (including phenoxy) is 1. The first kappa shape index (κ1) is 26.5. The standard InChI is InChI=1S/C28H30N6O4/c1-5-28(2,3)30-26(36)25(19-14-16-29-17-15-19)34(21-12-10-20(11-13-21)27(37)38-4)24(35)18-33-23-9-7-6-8-22(23)31-32-33/h6-17,25H,5,18H2,1-4H3,(H,30,36)/t25-/m0/s1. The van der Waals surface area contributed by atoms with Crippen molar-refractivity contribution in [3.8, 4) is 0 Å². The predicted molar refractivity (Wildman–Crippen MR) is 142 cm³/mol. The van der Waals surface area contributed by atoms with Crippen LogP contribution in [-0.4, -0.2) is 50.4 Å². The number of methoxy groups -OCH3 is 1. The van der Waals surface area contributed by atoms with E-state index in [-0.39, 0.29) is 12.5 Å². The van der Waals surface area contributed by atoms with E-state index < -0.39 is 23.5 Å². The molecular formula is C28H30N6O4. The molecule has 0 unspecified atom stereocenters. The maximum absolute atomic E-state index is 14.0. The third-order valence-electron chi connectivity index (χ3n) is 6.41. The summed E-state index contributed by atoms with van der Waals surface area (Å²) in [6.07, 6.45) is 3.84. The predicted octanol–water partition coefficient (Wildman–Crippen LogP) is 3.69. The van der Waals surface area contributed by atoms with Gasteiger partial charge in [0.05, 0.1) is 18.2 Å². The minimum atomic E-state index is -1.02. The second kappa shape index (κ2) is 11.2. The number of rotatable bonds is 9. The van der Waals surface area contributed by atoms with Gasteiger partial charge in [0.25, 0.3) is 0 Å². The summed E-state index contributed by atoms with van der Waals surface area (Å²) in [7, 11) is 1.30. The van der Waals surface area contributed by atoms with Crippen LogP contribution in [0.1, 0.15) is 49.2 Å². The lowest BCUT2D eigenvalue weighted by atomic mass is 9.98. The van der Waals surface area contributed by atoms with Crippen molar-refractivity contribution in [3.63, 3.8) is 0 Å². The van der Waals surface area contributed by atoms with E-state index in [9.17, 15) is 14.4 Å². The highest BCUT2D eigenvalue weighted by atomic mass is 16.5. The molecule has 1 atom stereocenters. The van der Waals surface area contributed by atoms with Crippen LogP contribution in [0.5, 0.6) is 0 Å². The van der Waals surface area contributed by atoms with E-state index >= 15 is 0 Å². The summed E-state index contributed by atoms with van der Waals surface area (Å²) >= 11 is 0. The first-order chi connectivity index (χ1) is 18.2. The Kier molecular flexibility index (Phi) is 7.80. The molecule has 38 heavy (non-hydrogen) atoms. The molecule has 0 aliphatic heterocycles. The molecule has 2 amide bonds. The van der Waals surface area contributed by atoms with Gasteiger partial charge in [-0.15, -0.1) is 5.10 Å². The zero-order chi connectivity index (χ0) is 27.3. The van der Waals surface area contributed by atoms with Crippen LogP contribution in [0.15, 0.2) is 73.1 Å². The third-order valence-corrected chi connectivity index (χ3v) is 6.41. The highest BCUT2D eigenvalue weighted by molar-refractivity contribution is 6.02. The summed E-state index contributed by atoms with van der Waals surface area (Å²) in [5.74, 6) is -1.24. The number of amides is 2. The lowest BCUT2D eigenvalue weighted by Crippen LogP contribution is -2.51. The van der Waals surface area contributed by atoms with Gasteiger partial charge in [-0.2, -0.15) is 0 Å². The van der Waals surface area contributed by atoms with Crippen molar-refractivity contribution in [1.82, 2.24) is 25.3 Å². The molecule has 1 N–H and O–H groups in total. The molecule has 0 saturated heterocycles. The highest BCUT2D eigenvalue weighted by Gasteiger charge is 2.35. The molecule has 0 aliphatic rings. The van der Waals surface area contributed by atoms with Crippen molar-refractivity contribution < 1.29 is 19.1 Å².